The molecule has 46 heavy (non-hydrogen) atoms. The van der Waals surface area contributed by atoms with Crippen molar-refractivity contribution in [3.05, 3.63) is 47.6 Å². The van der Waals surface area contributed by atoms with E-state index in [2.05, 4.69) is 33.6 Å². The van der Waals surface area contributed by atoms with Gasteiger partial charge in [0.25, 0.3) is 5.92 Å². The molecule has 2 aliphatic heterocycles. The van der Waals surface area contributed by atoms with E-state index in [1.807, 2.05) is 25.1 Å². The molecule has 13 heteroatoms. The minimum Gasteiger partial charge on any atom is -0.487 e. The second-order valence-corrected chi connectivity index (χ2v) is 12.9. The van der Waals surface area contributed by atoms with Crippen LogP contribution in [0.5, 0.6) is 11.8 Å². The zero-order valence-corrected chi connectivity index (χ0v) is 26.6. The average molecular weight is 652 g/mol. The zero-order valence-electron chi connectivity index (χ0n) is 25.9. The minimum atomic E-state index is -2.79. The number of nitrogens with one attached hydrogen (secondary N) is 1. The molecule has 0 radical (unpaired) electrons. The van der Waals surface area contributed by atoms with Crippen LogP contribution in [0.1, 0.15) is 31.2 Å². The van der Waals surface area contributed by atoms with Gasteiger partial charge in [0.2, 0.25) is 5.91 Å². The molecule has 2 saturated heterocycles. The molecule has 0 atom stereocenters. The molecular formula is C33H36ClF2N7O3. The maximum Gasteiger partial charge on any atom is 0.319 e. The molecular weight excluding hydrogens is 616 g/mol. The number of aryl methyl sites for hydroxylation is 1. The normalized spacial score (nSPS) is 19.4. The molecule has 3 aliphatic rings. The number of nitrogens with zero attached hydrogens (tertiary/aromatic N) is 6. The first-order chi connectivity index (χ1) is 22.1. The van der Waals surface area contributed by atoms with Gasteiger partial charge in [-0.3, -0.25) is 9.89 Å². The van der Waals surface area contributed by atoms with Crippen molar-refractivity contribution >= 4 is 45.1 Å². The van der Waals surface area contributed by atoms with Crippen LogP contribution in [0.3, 0.4) is 0 Å². The van der Waals surface area contributed by atoms with Crippen LogP contribution in [0.2, 0.25) is 5.02 Å². The maximum absolute atomic E-state index is 14.1. The van der Waals surface area contributed by atoms with Gasteiger partial charge in [-0.2, -0.15) is 15.1 Å². The Morgan fingerprint density at radius 3 is 2.48 bits per heavy atom. The van der Waals surface area contributed by atoms with Gasteiger partial charge in [-0.05, 0) is 50.6 Å². The highest BCUT2D eigenvalue weighted by Crippen LogP contribution is 2.50. The number of aromatic nitrogens is 4. The molecule has 1 N–H and O–H groups in total. The number of ether oxygens (including phenoxy) is 2. The fraction of sp³-hybridized carbons (Fsp3) is 0.455. The highest BCUT2D eigenvalue weighted by Gasteiger charge is 2.47. The third kappa shape index (κ3) is 5.72. The quantitative estimate of drug-likeness (QED) is 0.257. The van der Waals surface area contributed by atoms with Crippen LogP contribution < -0.4 is 14.4 Å². The summed E-state index contributed by atoms with van der Waals surface area (Å²) in [6.45, 7) is 9.35. The Bertz CT molecular complexity index is 1810. The third-order valence-corrected chi connectivity index (χ3v) is 9.58. The lowest BCUT2D eigenvalue weighted by molar-refractivity contribution is -0.134. The van der Waals surface area contributed by atoms with E-state index in [9.17, 15) is 13.6 Å². The van der Waals surface area contributed by atoms with Crippen LogP contribution in [0.4, 0.5) is 14.6 Å². The van der Waals surface area contributed by atoms with Gasteiger partial charge in [-0.15, -0.1) is 0 Å². The van der Waals surface area contributed by atoms with Crippen molar-refractivity contribution in [1.29, 1.82) is 0 Å². The second-order valence-electron chi connectivity index (χ2n) is 12.5. The topological polar surface area (TPSA) is 99.7 Å². The van der Waals surface area contributed by atoms with Gasteiger partial charge in [0.05, 0.1) is 16.7 Å². The Balaban J connectivity index is 1.41. The van der Waals surface area contributed by atoms with E-state index in [1.165, 1.54) is 6.08 Å². The molecule has 242 valence electrons. The van der Waals surface area contributed by atoms with E-state index < -0.39 is 24.9 Å². The largest absolute Gasteiger partial charge is 0.487 e. The number of benzene rings is 2. The summed E-state index contributed by atoms with van der Waals surface area (Å²) in [5, 5.41) is 9.07. The number of piperidine rings is 1. The van der Waals surface area contributed by atoms with Crippen LogP contribution in [0, 0.1) is 6.92 Å². The zero-order chi connectivity index (χ0) is 32.2. The Morgan fingerprint density at radius 1 is 1.04 bits per heavy atom. The molecule has 3 fully saturated rings. The van der Waals surface area contributed by atoms with Gasteiger partial charge in [-0.25, -0.2) is 8.78 Å². The Labute approximate surface area is 270 Å². The predicted octanol–water partition coefficient (Wildman–Crippen LogP) is 5.62. The number of aromatic amines is 1. The molecule has 1 aliphatic carbocycles. The standard InChI is InChI=1S/C33H36ClF2N7O3/c1-4-26(44)42-11-13-43(14-12-42)31-22-15-24(34)28(27-19(2)5-6-25-23(27)18-37-40-25)30(45-21-16-33(35,36)17-21)29(22)38-32(39-31)46-20-7-9-41(3)10-8-20/h4-6,15,18,20-21H,1,7-14,16-17H2,2-3H3,(H,37,40). The summed E-state index contributed by atoms with van der Waals surface area (Å²) in [5.74, 6) is -2.00. The minimum absolute atomic E-state index is 0.0769. The first-order valence-electron chi connectivity index (χ1n) is 15.6. The molecule has 0 spiro atoms. The number of carbonyl (C=O) groups is 1. The van der Waals surface area contributed by atoms with Crippen LogP contribution >= 0.6 is 11.6 Å². The van der Waals surface area contributed by atoms with Crippen molar-refractivity contribution in [3.63, 3.8) is 0 Å². The van der Waals surface area contributed by atoms with E-state index in [-0.39, 0.29) is 18.0 Å². The number of H-pyrrole nitrogens is 1. The monoisotopic (exact) mass is 651 g/mol. The number of carbonyl (C=O) groups excluding carboxylic acids is 1. The van der Waals surface area contributed by atoms with Crippen LogP contribution in [-0.4, -0.2) is 100 Å². The van der Waals surface area contributed by atoms with Gasteiger partial charge in [0.1, 0.15) is 23.5 Å². The van der Waals surface area contributed by atoms with Crippen molar-refractivity contribution in [1.82, 2.24) is 30.0 Å². The fourth-order valence-electron chi connectivity index (χ4n) is 6.65. The van der Waals surface area contributed by atoms with E-state index >= 15 is 0 Å². The van der Waals surface area contributed by atoms with E-state index in [4.69, 9.17) is 31.0 Å². The van der Waals surface area contributed by atoms with Crippen molar-refractivity contribution in [2.45, 2.75) is 50.7 Å². The van der Waals surface area contributed by atoms with Gasteiger partial charge < -0.3 is 24.2 Å². The highest BCUT2D eigenvalue weighted by molar-refractivity contribution is 6.35. The molecule has 1 amide bonds. The summed E-state index contributed by atoms with van der Waals surface area (Å²) in [6, 6.07) is 5.91. The van der Waals surface area contributed by atoms with E-state index in [0.717, 1.165) is 48.0 Å². The SMILES string of the molecule is C=CC(=O)N1CCN(c2nc(OC3CCN(C)CC3)nc3c(OC4CC(F)(F)C4)c(-c4c(C)ccc5[nH]ncc45)c(Cl)cc23)CC1. The number of amides is 1. The van der Waals surface area contributed by atoms with Crippen molar-refractivity contribution in [3.8, 4) is 22.9 Å². The predicted molar refractivity (Wildman–Crippen MR) is 173 cm³/mol. The first-order valence-corrected chi connectivity index (χ1v) is 16.0. The Hall–Kier alpha value is -4.03. The Morgan fingerprint density at radius 2 is 1.78 bits per heavy atom. The summed E-state index contributed by atoms with van der Waals surface area (Å²) in [7, 11) is 2.08. The van der Waals surface area contributed by atoms with Crippen LogP contribution in [-0.2, 0) is 4.79 Å². The number of fused-ring (bicyclic) bond motifs is 2. The number of piperazine rings is 1. The van der Waals surface area contributed by atoms with Crippen LogP contribution in [0.15, 0.2) is 37.1 Å². The van der Waals surface area contributed by atoms with Gasteiger partial charge >= 0.3 is 6.01 Å². The summed E-state index contributed by atoms with van der Waals surface area (Å²) in [4.78, 5) is 28.2. The number of hydrogen-bond acceptors (Lipinski definition) is 8. The molecule has 2 aromatic heterocycles. The highest BCUT2D eigenvalue weighted by atomic mass is 35.5. The molecule has 4 aromatic rings. The number of rotatable bonds is 7. The average Bonchev–Trinajstić information content (AvgIpc) is 3.51. The summed E-state index contributed by atoms with van der Waals surface area (Å²) in [5.41, 5.74) is 3.50. The number of hydrogen-bond donors (Lipinski definition) is 1. The van der Waals surface area contributed by atoms with Gasteiger partial charge in [0, 0.05) is 74.0 Å². The first kappa shape index (κ1) is 30.6. The number of halogens is 3. The van der Waals surface area contributed by atoms with Crippen molar-refractivity contribution in [2.24, 2.45) is 0 Å². The maximum atomic E-state index is 14.1. The molecule has 1 saturated carbocycles. The smallest absolute Gasteiger partial charge is 0.319 e. The van der Waals surface area contributed by atoms with E-state index in [0.29, 0.717) is 59.2 Å². The molecule has 0 unspecified atom stereocenters. The lowest BCUT2D eigenvalue weighted by Crippen LogP contribution is -2.48. The number of alkyl halides is 2. The summed E-state index contributed by atoms with van der Waals surface area (Å²) < 4.78 is 41.1. The lowest BCUT2D eigenvalue weighted by Gasteiger charge is -2.37. The molecule has 7 rings (SSSR count). The molecule has 4 heterocycles. The summed E-state index contributed by atoms with van der Waals surface area (Å²) in [6.07, 6.45) is 3.10. The molecule has 2 aromatic carbocycles. The lowest BCUT2D eigenvalue weighted by atomic mass is 9.90. The second kappa shape index (κ2) is 12.0. The molecule has 0 bridgehead atoms. The van der Waals surface area contributed by atoms with Crippen molar-refractivity contribution in [2.75, 3.05) is 51.2 Å². The Kier molecular flexibility index (Phi) is 7.96. The van der Waals surface area contributed by atoms with Crippen LogP contribution in [0.25, 0.3) is 32.9 Å². The van der Waals surface area contributed by atoms with Gasteiger partial charge in [0.15, 0.2) is 5.75 Å². The fourth-order valence-corrected chi connectivity index (χ4v) is 6.93. The van der Waals surface area contributed by atoms with E-state index in [1.54, 1.807) is 11.1 Å². The third-order valence-electron chi connectivity index (χ3n) is 9.28. The van der Waals surface area contributed by atoms with Crippen molar-refractivity contribution < 1.29 is 23.0 Å². The van der Waals surface area contributed by atoms with Gasteiger partial charge in [-0.1, -0.05) is 24.2 Å². The summed E-state index contributed by atoms with van der Waals surface area (Å²) >= 11 is 7.15. The number of anilines is 1. The molecule has 10 nitrogen and oxygen atoms in total. The number of likely N-dealkylation sites (tertiary alicyclic amines) is 1.